The summed E-state index contributed by atoms with van der Waals surface area (Å²) in [4.78, 5) is 0. The molecule has 1 N–H and O–H groups in total. The number of nitrogens with one attached hydrogen (secondary N) is 1. The number of hydrogen-bond donors (Lipinski definition) is 1. The molecule has 0 fully saturated rings. The second kappa shape index (κ2) is 9.34. The van der Waals surface area contributed by atoms with E-state index in [1.807, 2.05) is 18.2 Å². The second-order valence-corrected chi connectivity index (χ2v) is 10.8. The molecule has 2 aromatic carbocycles. The molecule has 0 aliphatic heterocycles. The Balaban J connectivity index is 1.53. The first kappa shape index (κ1) is 21.9. The van der Waals surface area contributed by atoms with Crippen LogP contribution < -0.4 is 9.50 Å². The van der Waals surface area contributed by atoms with Crippen LogP contribution in [0.3, 0.4) is 0 Å². The average Bonchev–Trinajstić information content (AvgIpc) is 3.08. The maximum absolute atomic E-state index is 12.2. The minimum atomic E-state index is -3.71. The molecule has 0 saturated heterocycles. The molecule has 3 rings (SSSR count). The van der Waals surface area contributed by atoms with Crippen molar-refractivity contribution in [2.75, 3.05) is 16.8 Å². The van der Waals surface area contributed by atoms with E-state index < -0.39 is 10.1 Å². The van der Waals surface area contributed by atoms with Gasteiger partial charge in [0, 0.05) is 16.5 Å². The van der Waals surface area contributed by atoms with Gasteiger partial charge in [-0.15, -0.1) is 10.2 Å². The second-order valence-electron chi connectivity index (χ2n) is 6.40. The lowest BCUT2D eigenvalue weighted by Gasteiger charge is -2.09. The van der Waals surface area contributed by atoms with E-state index in [0.717, 1.165) is 5.69 Å². The number of nitrogens with zero attached hydrogens (tertiary/aromatic N) is 2. The minimum absolute atomic E-state index is 0.140. The summed E-state index contributed by atoms with van der Waals surface area (Å²) in [7, 11) is -3.71. The van der Waals surface area contributed by atoms with Gasteiger partial charge in [-0.1, -0.05) is 40.8 Å². The Morgan fingerprint density at radius 1 is 1.07 bits per heavy atom. The normalized spacial score (nSPS) is 11.4. The summed E-state index contributed by atoms with van der Waals surface area (Å²) in [6, 6.07) is 10.9. The van der Waals surface area contributed by atoms with Gasteiger partial charge in [0.2, 0.25) is 5.13 Å². The molecule has 0 radical (unpaired) electrons. The number of rotatable bonds is 8. The van der Waals surface area contributed by atoms with Gasteiger partial charge < -0.3 is 9.50 Å². The summed E-state index contributed by atoms with van der Waals surface area (Å²) < 4.78 is 30.3. The van der Waals surface area contributed by atoms with Crippen LogP contribution >= 0.6 is 34.7 Å². The Morgan fingerprint density at radius 3 is 2.59 bits per heavy atom. The highest BCUT2D eigenvalue weighted by Gasteiger charge is 2.16. The van der Waals surface area contributed by atoms with Crippen LogP contribution in [0.25, 0.3) is 0 Å². The van der Waals surface area contributed by atoms with Gasteiger partial charge in [0.05, 0.1) is 5.75 Å². The van der Waals surface area contributed by atoms with E-state index >= 15 is 0 Å². The van der Waals surface area contributed by atoms with E-state index in [4.69, 9.17) is 15.8 Å². The van der Waals surface area contributed by atoms with Crippen molar-refractivity contribution in [2.24, 2.45) is 0 Å². The van der Waals surface area contributed by atoms with Crippen molar-refractivity contribution in [3.8, 4) is 5.75 Å². The first-order chi connectivity index (χ1) is 13.7. The maximum atomic E-state index is 12.2. The molecule has 0 amide bonds. The van der Waals surface area contributed by atoms with Gasteiger partial charge in [0.1, 0.15) is 5.75 Å². The molecule has 0 atom stereocenters. The molecule has 0 aliphatic rings. The van der Waals surface area contributed by atoms with Crippen molar-refractivity contribution >= 4 is 55.6 Å². The summed E-state index contributed by atoms with van der Waals surface area (Å²) in [6.45, 7) is 5.86. The SMILES string of the molecule is Cc1ccc(Nc2nnc(SCCS(=O)(=O)Oc3ccc(Cl)cc3C)s2)cc1C. The highest BCUT2D eigenvalue weighted by Crippen LogP contribution is 2.29. The molecular formula is C19H20ClN3O3S3. The zero-order valence-electron chi connectivity index (χ0n) is 16.1. The van der Waals surface area contributed by atoms with Gasteiger partial charge in [-0.2, -0.15) is 8.42 Å². The number of hydrogen-bond acceptors (Lipinski definition) is 8. The molecule has 0 aliphatic carbocycles. The number of thioether (sulfide) groups is 1. The quantitative estimate of drug-likeness (QED) is 0.351. The molecule has 10 heteroatoms. The zero-order chi connectivity index (χ0) is 21.0. The van der Waals surface area contributed by atoms with Gasteiger partial charge >= 0.3 is 10.1 Å². The number of benzene rings is 2. The highest BCUT2D eigenvalue weighted by molar-refractivity contribution is 8.01. The Labute approximate surface area is 183 Å². The minimum Gasteiger partial charge on any atom is -0.382 e. The fraction of sp³-hybridized carbons (Fsp3) is 0.263. The van der Waals surface area contributed by atoms with Crippen LogP contribution in [-0.2, 0) is 10.1 Å². The third-order valence-electron chi connectivity index (χ3n) is 4.08. The molecule has 1 aromatic heterocycles. The monoisotopic (exact) mass is 469 g/mol. The largest absolute Gasteiger partial charge is 0.382 e. The molecule has 0 saturated carbocycles. The van der Waals surface area contributed by atoms with Crippen LogP contribution in [0.5, 0.6) is 5.75 Å². The van der Waals surface area contributed by atoms with Crippen molar-refractivity contribution in [2.45, 2.75) is 25.1 Å². The lowest BCUT2D eigenvalue weighted by Crippen LogP contribution is -2.16. The van der Waals surface area contributed by atoms with Gasteiger partial charge in [0.25, 0.3) is 0 Å². The van der Waals surface area contributed by atoms with Crippen molar-refractivity contribution in [1.29, 1.82) is 0 Å². The lowest BCUT2D eigenvalue weighted by atomic mass is 10.1. The Hall–Kier alpha value is -1.81. The first-order valence-electron chi connectivity index (χ1n) is 8.71. The lowest BCUT2D eigenvalue weighted by molar-refractivity contribution is 0.486. The topological polar surface area (TPSA) is 81.2 Å². The summed E-state index contributed by atoms with van der Waals surface area (Å²) in [6.07, 6.45) is 0. The number of anilines is 2. The van der Waals surface area contributed by atoms with Gasteiger partial charge in [-0.05, 0) is 67.8 Å². The van der Waals surface area contributed by atoms with Crippen molar-refractivity contribution in [3.05, 3.63) is 58.1 Å². The average molecular weight is 470 g/mol. The predicted octanol–water partition coefficient (Wildman–Crippen LogP) is 5.36. The van der Waals surface area contributed by atoms with Crippen LogP contribution in [0.2, 0.25) is 5.02 Å². The zero-order valence-corrected chi connectivity index (χ0v) is 19.3. The fourth-order valence-electron chi connectivity index (χ4n) is 2.38. The molecule has 0 bridgehead atoms. The summed E-state index contributed by atoms with van der Waals surface area (Å²) in [5, 5.41) is 12.6. The van der Waals surface area contributed by atoms with E-state index in [1.54, 1.807) is 25.1 Å². The Bertz CT molecular complexity index is 1120. The van der Waals surface area contributed by atoms with Gasteiger partial charge in [-0.3, -0.25) is 0 Å². The molecule has 29 heavy (non-hydrogen) atoms. The Kier molecular flexibility index (Phi) is 7.05. The third-order valence-corrected chi connectivity index (χ3v) is 7.68. The fourth-order valence-corrected chi connectivity index (χ4v) is 5.79. The van der Waals surface area contributed by atoms with Gasteiger partial charge in [-0.25, -0.2) is 0 Å². The van der Waals surface area contributed by atoms with Crippen molar-refractivity contribution in [3.63, 3.8) is 0 Å². The molecule has 0 unspecified atom stereocenters. The molecule has 6 nitrogen and oxygen atoms in total. The molecular weight excluding hydrogens is 450 g/mol. The summed E-state index contributed by atoms with van der Waals surface area (Å²) >= 11 is 8.58. The van der Waals surface area contributed by atoms with Crippen LogP contribution in [-0.4, -0.2) is 30.1 Å². The van der Waals surface area contributed by atoms with Gasteiger partial charge in [0.15, 0.2) is 4.34 Å². The van der Waals surface area contributed by atoms with E-state index in [0.29, 0.717) is 25.8 Å². The Morgan fingerprint density at radius 2 is 1.86 bits per heavy atom. The molecule has 1 heterocycles. The number of aromatic nitrogens is 2. The van der Waals surface area contributed by atoms with E-state index in [2.05, 4.69) is 29.4 Å². The number of aryl methyl sites for hydroxylation is 3. The molecule has 3 aromatic rings. The van der Waals surface area contributed by atoms with E-state index in [-0.39, 0.29) is 11.5 Å². The molecule has 154 valence electrons. The number of halogens is 1. The standard InChI is InChI=1S/C19H20ClN3O3S3/c1-12-4-6-16(11-13(12)2)21-18-22-23-19(28-18)27-8-9-29(24,25)26-17-7-5-15(20)10-14(17)3/h4-7,10-11H,8-9H2,1-3H3,(H,21,22). The van der Waals surface area contributed by atoms with Crippen LogP contribution in [0.1, 0.15) is 16.7 Å². The van der Waals surface area contributed by atoms with Crippen molar-refractivity contribution < 1.29 is 12.6 Å². The smallest absolute Gasteiger partial charge is 0.310 e. The van der Waals surface area contributed by atoms with Crippen molar-refractivity contribution in [1.82, 2.24) is 10.2 Å². The highest BCUT2D eigenvalue weighted by atomic mass is 35.5. The predicted molar refractivity (Wildman–Crippen MR) is 120 cm³/mol. The van der Waals surface area contributed by atoms with E-state index in [9.17, 15) is 8.42 Å². The molecule has 0 spiro atoms. The first-order valence-corrected chi connectivity index (χ1v) is 12.5. The maximum Gasteiger partial charge on any atom is 0.310 e. The third kappa shape index (κ3) is 6.33. The van der Waals surface area contributed by atoms with Crippen LogP contribution in [0.4, 0.5) is 10.8 Å². The van der Waals surface area contributed by atoms with Crippen LogP contribution in [0.15, 0.2) is 40.7 Å². The van der Waals surface area contributed by atoms with E-state index in [1.165, 1.54) is 34.2 Å². The summed E-state index contributed by atoms with van der Waals surface area (Å²) in [5.74, 6) is 0.460. The summed E-state index contributed by atoms with van der Waals surface area (Å²) in [5.41, 5.74) is 4.02. The van der Waals surface area contributed by atoms with Crippen LogP contribution in [0, 0.1) is 20.8 Å².